The van der Waals surface area contributed by atoms with Crippen LogP contribution in [0.15, 0.2) is 24.4 Å². The molecule has 0 aromatic carbocycles. The zero-order chi connectivity index (χ0) is 13.8. The maximum Gasteiger partial charge on any atom is 0.307 e. The van der Waals surface area contributed by atoms with Gasteiger partial charge in [-0.25, -0.2) is 0 Å². The van der Waals surface area contributed by atoms with Gasteiger partial charge in [0.25, 0.3) is 0 Å². The molecule has 2 N–H and O–H groups in total. The molecule has 2 rings (SSSR count). The summed E-state index contributed by atoms with van der Waals surface area (Å²) in [5.74, 6) is -1.93. The predicted molar refractivity (Wildman–Crippen MR) is 69.5 cm³/mol. The number of allylic oxidation sites excluding steroid dienone is 2. The minimum absolute atomic E-state index is 0.280. The fourth-order valence-corrected chi connectivity index (χ4v) is 2.20. The van der Waals surface area contributed by atoms with Crippen LogP contribution in [0, 0.1) is 11.8 Å². The second-order valence-corrected chi connectivity index (χ2v) is 4.54. The first-order valence-electron chi connectivity index (χ1n) is 6.34. The molecule has 0 bridgehead atoms. The van der Waals surface area contributed by atoms with Gasteiger partial charge in [-0.2, -0.15) is 5.10 Å². The number of carboxylic acids is 1. The summed E-state index contributed by atoms with van der Waals surface area (Å²) >= 11 is 0. The summed E-state index contributed by atoms with van der Waals surface area (Å²) in [5, 5.41) is 16.0. The molecule has 0 aliphatic heterocycles. The molecule has 6 nitrogen and oxygen atoms in total. The number of amides is 1. The van der Waals surface area contributed by atoms with Gasteiger partial charge in [0.1, 0.15) is 0 Å². The van der Waals surface area contributed by atoms with Gasteiger partial charge in [0, 0.05) is 18.8 Å². The van der Waals surface area contributed by atoms with Crippen LogP contribution in [0.5, 0.6) is 0 Å². The molecule has 19 heavy (non-hydrogen) atoms. The van der Waals surface area contributed by atoms with Crippen LogP contribution in [0.3, 0.4) is 0 Å². The number of hydrogen-bond acceptors (Lipinski definition) is 3. The van der Waals surface area contributed by atoms with E-state index in [1.165, 1.54) is 0 Å². The summed E-state index contributed by atoms with van der Waals surface area (Å²) in [4.78, 5) is 23.3. The van der Waals surface area contributed by atoms with Gasteiger partial charge in [-0.15, -0.1) is 0 Å². The monoisotopic (exact) mass is 263 g/mol. The van der Waals surface area contributed by atoms with Gasteiger partial charge in [0.15, 0.2) is 5.82 Å². The third kappa shape index (κ3) is 3.01. The Morgan fingerprint density at radius 3 is 2.68 bits per heavy atom. The highest BCUT2D eigenvalue weighted by Gasteiger charge is 2.34. The molecule has 1 heterocycles. The van der Waals surface area contributed by atoms with Crippen molar-refractivity contribution in [2.45, 2.75) is 26.3 Å². The lowest BCUT2D eigenvalue weighted by Gasteiger charge is -2.23. The lowest BCUT2D eigenvalue weighted by atomic mass is 9.82. The van der Waals surface area contributed by atoms with E-state index in [0.29, 0.717) is 18.7 Å². The van der Waals surface area contributed by atoms with E-state index < -0.39 is 17.8 Å². The maximum absolute atomic E-state index is 12.1. The van der Waals surface area contributed by atoms with Crippen LogP contribution in [0.25, 0.3) is 0 Å². The predicted octanol–water partition coefficient (Wildman–Crippen LogP) is 1.51. The van der Waals surface area contributed by atoms with E-state index in [9.17, 15) is 9.59 Å². The molecule has 0 spiro atoms. The second-order valence-electron chi connectivity index (χ2n) is 4.54. The molecule has 0 saturated carbocycles. The average molecular weight is 263 g/mol. The van der Waals surface area contributed by atoms with Gasteiger partial charge in [-0.1, -0.05) is 12.2 Å². The van der Waals surface area contributed by atoms with E-state index in [1.54, 1.807) is 16.9 Å². The first kappa shape index (κ1) is 13.3. The number of carboxylic acid groups (broad SMARTS) is 1. The van der Waals surface area contributed by atoms with Gasteiger partial charge >= 0.3 is 5.97 Å². The molecule has 6 heteroatoms. The van der Waals surface area contributed by atoms with Crippen molar-refractivity contribution < 1.29 is 14.7 Å². The zero-order valence-corrected chi connectivity index (χ0v) is 10.7. The lowest BCUT2D eigenvalue weighted by molar-refractivity contribution is -0.146. The molecule has 0 saturated heterocycles. The quantitative estimate of drug-likeness (QED) is 0.806. The van der Waals surface area contributed by atoms with E-state index in [4.69, 9.17) is 5.11 Å². The molecule has 2 atom stereocenters. The van der Waals surface area contributed by atoms with Crippen molar-refractivity contribution in [1.82, 2.24) is 9.78 Å². The zero-order valence-electron chi connectivity index (χ0n) is 10.7. The van der Waals surface area contributed by atoms with E-state index in [1.807, 2.05) is 19.1 Å². The minimum atomic E-state index is -0.927. The van der Waals surface area contributed by atoms with Gasteiger partial charge in [0.05, 0.1) is 11.8 Å². The summed E-state index contributed by atoms with van der Waals surface area (Å²) in [6, 6.07) is 1.70. The van der Waals surface area contributed by atoms with E-state index in [-0.39, 0.29) is 5.91 Å². The highest BCUT2D eigenvalue weighted by molar-refractivity contribution is 5.94. The van der Waals surface area contributed by atoms with Crippen molar-refractivity contribution in [3.8, 4) is 0 Å². The molecular formula is C13H17N3O3. The Hall–Kier alpha value is -2.11. The number of aliphatic carboxylic acids is 1. The number of nitrogens with zero attached hydrogens (tertiary/aromatic N) is 2. The fraction of sp³-hybridized carbons (Fsp3) is 0.462. The molecule has 0 fully saturated rings. The lowest BCUT2D eigenvalue weighted by Crippen LogP contribution is -2.34. The number of anilines is 1. The highest BCUT2D eigenvalue weighted by Crippen LogP contribution is 2.27. The number of carbonyl (C=O) groups excluding carboxylic acids is 1. The Morgan fingerprint density at radius 1 is 1.42 bits per heavy atom. The second kappa shape index (κ2) is 5.69. The van der Waals surface area contributed by atoms with Gasteiger partial charge in [0.2, 0.25) is 5.91 Å². The Bertz CT molecular complexity index is 507. The fourth-order valence-electron chi connectivity index (χ4n) is 2.20. The largest absolute Gasteiger partial charge is 0.481 e. The third-order valence-corrected chi connectivity index (χ3v) is 3.30. The molecule has 0 unspecified atom stereocenters. The van der Waals surface area contributed by atoms with Crippen molar-refractivity contribution in [1.29, 1.82) is 0 Å². The SMILES string of the molecule is CCn1ccc(NC(=O)[C@@H]2CC=CC[C@H]2C(=O)O)n1. The van der Waals surface area contributed by atoms with Gasteiger partial charge < -0.3 is 10.4 Å². The first-order chi connectivity index (χ1) is 9.11. The van der Waals surface area contributed by atoms with E-state index >= 15 is 0 Å². The Kier molecular flexibility index (Phi) is 3.99. The molecule has 1 aliphatic rings. The van der Waals surface area contributed by atoms with Crippen LogP contribution in [-0.4, -0.2) is 26.8 Å². The van der Waals surface area contributed by atoms with Crippen LogP contribution in [0.1, 0.15) is 19.8 Å². The molecule has 1 aromatic rings. The van der Waals surface area contributed by atoms with E-state index in [2.05, 4.69) is 10.4 Å². The van der Waals surface area contributed by atoms with Crippen LogP contribution >= 0.6 is 0 Å². The van der Waals surface area contributed by atoms with Crippen molar-refractivity contribution in [2.24, 2.45) is 11.8 Å². The number of nitrogens with one attached hydrogen (secondary N) is 1. The highest BCUT2D eigenvalue weighted by atomic mass is 16.4. The van der Waals surface area contributed by atoms with Crippen LogP contribution < -0.4 is 5.32 Å². The van der Waals surface area contributed by atoms with Crippen LogP contribution in [0.4, 0.5) is 5.82 Å². The summed E-state index contributed by atoms with van der Waals surface area (Å²) in [5.41, 5.74) is 0. The van der Waals surface area contributed by atoms with E-state index in [0.717, 1.165) is 6.54 Å². The topological polar surface area (TPSA) is 84.2 Å². The number of aryl methyl sites for hydroxylation is 1. The Balaban J connectivity index is 2.05. The number of rotatable bonds is 4. The summed E-state index contributed by atoms with van der Waals surface area (Å²) in [6.07, 6.45) is 6.29. The summed E-state index contributed by atoms with van der Waals surface area (Å²) in [7, 11) is 0. The molecule has 102 valence electrons. The molecule has 1 aliphatic carbocycles. The molecule has 1 amide bonds. The standard InChI is InChI=1S/C13H17N3O3/c1-2-16-8-7-11(15-16)14-12(17)9-5-3-4-6-10(9)13(18)19/h3-4,7-10H,2,5-6H2,1H3,(H,18,19)(H,14,15,17)/t9-,10-/m1/s1. The normalized spacial score (nSPS) is 22.2. The van der Waals surface area contributed by atoms with Crippen LogP contribution in [0.2, 0.25) is 0 Å². The first-order valence-corrected chi connectivity index (χ1v) is 6.34. The van der Waals surface area contributed by atoms with Gasteiger partial charge in [-0.05, 0) is 19.8 Å². The summed E-state index contributed by atoms with van der Waals surface area (Å²) < 4.78 is 1.70. The van der Waals surface area contributed by atoms with Crippen molar-refractivity contribution >= 4 is 17.7 Å². The van der Waals surface area contributed by atoms with Crippen molar-refractivity contribution in [2.75, 3.05) is 5.32 Å². The molecular weight excluding hydrogens is 246 g/mol. The van der Waals surface area contributed by atoms with Crippen LogP contribution in [-0.2, 0) is 16.1 Å². The Morgan fingerprint density at radius 2 is 2.11 bits per heavy atom. The number of aromatic nitrogens is 2. The number of carbonyl (C=O) groups is 2. The smallest absolute Gasteiger partial charge is 0.307 e. The Labute approximate surface area is 111 Å². The van der Waals surface area contributed by atoms with Crippen molar-refractivity contribution in [3.05, 3.63) is 24.4 Å². The summed E-state index contributed by atoms with van der Waals surface area (Å²) in [6.45, 7) is 2.67. The molecule has 1 aromatic heterocycles. The maximum atomic E-state index is 12.1. The minimum Gasteiger partial charge on any atom is -0.481 e. The molecule has 0 radical (unpaired) electrons. The van der Waals surface area contributed by atoms with Crippen molar-refractivity contribution in [3.63, 3.8) is 0 Å². The average Bonchev–Trinajstić information content (AvgIpc) is 2.86. The van der Waals surface area contributed by atoms with Gasteiger partial charge in [-0.3, -0.25) is 14.3 Å². The number of hydrogen-bond donors (Lipinski definition) is 2. The third-order valence-electron chi connectivity index (χ3n) is 3.30.